The van der Waals surface area contributed by atoms with Crippen molar-refractivity contribution in [2.24, 2.45) is 11.3 Å². The fraction of sp³-hybridized carbons (Fsp3) is 0.600. The van der Waals surface area contributed by atoms with Gasteiger partial charge in [-0.1, -0.05) is 37.9 Å². The Morgan fingerprint density at radius 2 is 2.16 bits per heavy atom. The lowest BCUT2D eigenvalue weighted by molar-refractivity contribution is 0.201. The quantitative estimate of drug-likeness (QED) is 0.728. The van der Waals surface area contributed by atoms with Gasteiger partial charge in [0, 0.05) is 16.1 Å². The maximum absolute atomic E-state index is 14.4. The van der Waals surface area contributed by atoms with E-state index in [1.54, 1.807) is 0 Å². The van der Waals surface area contributed by atoms with Gasteiger partial charge in [0.15, 0.2) is 0 Å². The van der Waals surface area contributed by atoms with Gasteiger partial charge in [0.2, 0.25) is 0 Å². The minimum Gasteiger partial charge on any atom is -0.313 e. The van der Waals surface area contributed by atoms with E-state index in [2.05, 4.69) is 35.1 Å². The number of nitrogens with one attached hydrogen (secondary N) is 1. The fourth-order valence-corrected chi connectivity index (χ4v) is 3.80. The minimum absolute atomic E-state index is 0.0168. The van der Waals surface area contributed by atoms with E-state index >= 15 is 0 Å². The molecule has 0 bridgehead atoms. The molecule has 0 spiro atoms. The van der Waals surface area contributed by atoms with Crippen molar-refractivity contribution in [2.45, 2.75) is 39.2 Å². The van der Waals surface area contributed by atoms with E-state index in [4.69, 9.17) is 11.6 Å². The Hall–Kier alpha value is -0.120. The van der Waals surface area contributed by atoms with Gasteiger partial charge in [0.25, 0.3) is 0 Å². The van der Waals surface area contributed by atoms with Crippen LogP contribution in [0, 0.1) is 17.2 Å². The standard InChI is InChI=1S/C15H20BrClFN/c1-15(2)8-4-5-10(15)14(19-3)9-6-7-11(16)12(17)13(9)18/h6-7,10,14,19H,4-5,8H2,1-3H3. The van der Waals surface area contributed by atoms with Crippen molar-refractivity contribution in [3.8, 4) is 0 Å². The van der Waals surface area contributed by atoms with Gasteiger partial charge in [0.1, 0.15) is 5.82 Å². The third-order valence-corrected chi connectivity index (χ3v) is 5.71. The Labute approximate surface area is 128 Å². The van der Waals surface area contributed by atoms with E-state index in [1.165, 1.54) is 12.8 Å². The van der Waals surface area contributed by atoms with Gasteiger partial charge in [-0.05, 0) is 53.2 Å². The number of halogens is 3. The van der Waals surface area contributed by atoms with Crippen LogP contribution in [0.4, 0.5) is 4.39 Å². The first-order valence-electron chi connectivity index (χ1n) is 6.69. The van der Waals surface area contributed by atoms with Crippen LogP contribution in [0.3, 0.4) is 0 Å². The zero-order valence-electron chi connectivity index (χ0n) is 11.6. The molecule has 19 heavy (non-hydrogen) atoms. The van der Waals surface area contributed by atoms with E-state index in [0.29, 0.717) is 16.0 Å². The highest BCUT2D eigenvalue weighted by Gasteiger charge is 2.40. The van der Waals surface area contributed by atoms with E-state index in [9.17, 15) is 4.39 Å². The molecule has 1 N–H and O–H groups in total. The molecule has 1 aliphatic rings. The summed E-state index contributed by atoms with van der Waals surface area (Å²) in [5.74, 6) is 0.127. The molecular formula is C15H20BrClFN. The summed E-state index contributed by atoms with van der Waals surface area (Å²) in [5, 5.41) is 3.46. The van der Waals surface area contributed by atoms with Crippen LogP contribution < -0.4 is 5.32 Å². The lowest BCUT2D eigenvalue weighted by Gasteiger charge is -2.34. The zero-order chi connectivity index (χ0) is 14.2. The molecule has 2 unspecified atom stereocenters. The molecule has 4 heteroatoms. The molecule has 1 fully saturated rings. The molecule has 106 valence electrons. The Kier molecular flexibility index (Phi) is 4.59. The van der Waals surface area contributed by atoms with Crippen LogP contribution in [0.1, 0.15) is 44.7 Å². The molecule has 1 aromatic carbocycles. The maximum Gasteiger partial charge on any atom is 0.147 e. The third kappa shape index (κ3) is 2.84. The molecule has 0 heterocycles. The molecular weight excluding hydrogens is 329 g/mol. The van der Waals surface area contributed by atoms with Crippen LogP contribution in [-0.4, -0.2) is 7.05 Å². The lowest BCUT2D eigenvalue weighted by Crippen LogP contribution is -2.32. The third-order valence-electron chi connectivity index (χ3n) is 4.45. The minimum atomic E-state index is -0.307. The van der Waals surface area contributed by atoms with Crippen molar-refractivity contribution in [3.05, 3.63) is 33.0 Å². The number of hydrogen-bond acceptors (Lipinski definition) is 1. The smallest absolute Gasteiger partial charge is 0.147 e. The summed E-state index contributed by atoms with van der Waals surface area (Å²) in [7, 11) is 1.90. The van der Waals surface area contributed by atoms with Crippen LogP contribution in [0.2, 0.25) is 5.02 Å². The van der Waals surface area contributed by atoms with Crippen LogP contribution in [0.25, 0.3) is 0 Å². The Bertz CT molecular complexity index is 475. The first-order valence-corrected chi connectivity index (χ1v) is 7.86. The molecule has 0 aromatic heterocycles. The number of hydrogen-bond donors (Lipinski definition) is 1. The van der Waals surface area contributed by atoms with Crippen LogP contribution >= 0.6 is 27.5 Å². The normalized spacial score (nSPS) is 23.6. The molecule has 1 aliphatic carbocycles. The molecule has 0 radical (unpaired) electrons. The van der Waals surface area contributed by atoms with Gasteiger partial charge in [0.05, 0.1) is 5.02 Å². The summed E-state index contributed by atoms with van der Waals surface area (Å²) in [4.78, 5) is 0. The van der Waals surface area contributed by atoms with E-state index in [-0.39, 0.29) is 22.3 Å². The van der Waals surface area contributed by atoms with Gasteiger partial charge in [-0.25, -0.2) is 4.39 Å². The zero-order valence-corrected chi connectivity index (χ0v) is 13.9. The van der Waals surface area contributed by atoms with E-state index in [0.717, 1.165) is 6.42 Å². The molecule has 0 saturated heterocycles. The van der Waals surface area contributed by atoms with Gasteiger partial charge in [-0.15, -0.1) is 0 Å². The van der Waals surface area contributed by atoms with Crippen molar-refractivity contribution in [2.75, 3.05) is 7.05 Å². The Balaban J connectivity index is 2.40. The van der Waals surface area contributed by atoms with Crippen molar-refractivity contribution < 1.29 is 4.39 Å². The molecule has 1 aromatic rings. The first-order chi connectivity index (χ1) is 8.88. The summed E-state index contributed by atoms with van der Waals surface area (Å²) < 4.78 is 15.0. The number of benzene rings is 1. The monoisotopic (exact) mass is 347 g/mol. The molecule has 1 nitrogen and oxygen atoms in total. The van der Waals surface area contributed by atoms with Crippen LogP contribution in [0.15, 0.2) is 16.6 Å². The summed E-state index contributed by atoms with van der Waals surface area (Å²) >= 11 is 9.28. The van der Waals surface area contributed by atoms with Crippen molar-refractivity contribution in [1.82, 2.24) is 5.32 Å². The largest absolute Gasteiger partial charge is 0.313 e. The Morgan fingerprint density at radius 3 is 2.68 bits per heavy atom. The second kappa shape index (κ2) is 5.71. The SMILES string of the molecule is CNC(c1ccc(Br)c(Cl)c1F)C1CCCC1(C)C. The Morgan fingerprint density at radius 1 is 1.47 bits per heavy atom. The molecule has 0 aliphatic heterocycles. The highest BCUT2D eigenvalue weighted by Crippen LogP contribution is 2.49. The van der Waals surface area contributed by atoms with Gasteiger partial charge in [-0.3, -0.25) is 0 Å². The summed E-state index contributed by atoms with van der Waals surface area (Å²) in [6, 6.07) is 3.68. The highest BCUT2D eigenvalue weighted by atomic mass is 79.9. The maximum atomic E-state index is 14.4. The second-order valence-electron chi connectivity index (χ2n) is 6.02. The summed E-state index contributed by atoms with van der Waals surface area (Å²) in [6.07, 6.45) is 3.54. The first kappa shape index (κ1) is 15.3. The van der Waals surface area contributed by atoms with Crippen molar-refractivity contribution in [3.63, 3.8) is 0 Å². The molecule has 1 saturated carbocycles. The molecule has 0 amide bonds. The predicted molar refractivity (Wildman–Crippen MR) is 82.0 cm³/mol. The fourth-order valence-electron chi connectivity index (χ4n) is 3.33. The van der Waals surface area contributed by atoms with Gasteiger partial charge < -0.3 is 5.32 Å². The highest BCUT2D eigenvalue weighted by molar-refractivity contribution is 9.10. The summed E-state index contributed by atoms with van der Waals surface area (Å²) in [6.45, 7) is 4.54. The van der Waals surface area contributed by atoms with Crippen molar-refractivity contribution >= 4 is 27.5 Å². The second-order valence-corrected chi connectivity index (χ2v) is 7.25. The van der Waals surface area contributed by atoms with Crippen LogP contribution in [0.5, 0.6) is 0 Å². The molecule has 2 atom stereocenters. The average Bonchev–Trinajstić information content (AvgIpc) is 2.70. The average molecular weight is 349 g/mol. The van der Waals surface area contributed by atoms with Gasteiger partial charge >= 0.3 is 0 Å². The van der Waals surface area contributed by atoms with E-state index in [1.807, 2.05) is 19.2 Å². The number of rotatable bonds is 3. The van der Waals surface area contributed by atoms with Crippen LogP contribution in [-0.2, 0) is 0 Å². The van der Waals surface area contributed by atoms with Crippen molar-refractivity contribution in [1.29, 1.82) is 0 Å². The topological polar surface area (TPSA) is 12.0 Å². The van der Waals surface area contributed by atoms with Gasteiger partial charge in [-0.2, -0.15) is 0 Å². The lowest BCUT2D eigenvalue weighted by atomic mass is 9.75. The van der Waals surface area contributed by atoms with E-state index < -0.39 is 0 Å². The summed E-state index contributed by atoms with van der Waals surface area (Å²) in [5.41, 5.74) is 0.912. The predicted octanol–water partition coefficient (Wildman–Crippen LogP) is 5.33. The molecule has 2 rings (SSSR count).